The van der Waals surface area contributed by atoms with Crippen LogP contribution < -0.4 is 5.32 Å². The molecule has 2 fully saturated rings. The van der Waals surface area contributed by atoms with Crippen LogP contribution in [0.15, 0.2) is 0 Å². The molecule has 1 amide bonds. The molecule has 1 aliphatic heterocycles. The average Bonchev–Trinajstić information content (AvgIpc) is 2.84. The molecule has 0 aromatic carbocycles. The van der Waals surface area contributed by atoms with Gasteiger partial charge in [0.15, 0.2) is 0 Å². The Hall–Kier alpha value is -0.280. The minimum Gasteiger partial charge on any atom is -0.339 e. The molecule has 2 rings (SSSR count). The van der Waals surface area contributed by atoms with Gasteiger partial charge in [0.25, 0.3) is 0 Å². The van der Waals surface area contributed by atoms with Gasteiger partial charge >= 0.3 is 0 Å². The van der Waals surface area contributed by atoms with Gasteiger partial charge < -0.3 is 10.2 Å². The summed E-state index contributed by atoms with van der Waals surface area (Å²) < 4.78 is 0. The summed E-state index contributed by atoms with van der Waals surface area (Å²) in [6, 6.07) is 0.458. The molecule has 1 N–H and O–H groups in total. The van der Waals surface area contributed by atoms with E-state index in [4.69, 9.17) is 0 Å². The molecular weight excluding hydrogens is 200 g/mol. The van der Waals surface area contributed by atoms with Gasteiger partial charge in [-0.05, 0) is 19.8 Å². The number of carbonyl (C=O) groups excluding carboxylic acids is 1. The zero-order chi connectivity index (χ0) is 9.47. The monoisotopic (exact) mass is 218 g/mol. The third kappa shape index (κ3) is 2.20. The molecule has 1 unspecified atom stereocenters. The summed E-state index contributed by atoms with van der Waals surface area (Å²) >= 11 is 0. The molecule has 0 spiro atoms. The summed E-state index contributed by atoms with van der Waals surface area (Å²) in [6.07, 6.45) is 2.17. The summed E-state index contributed by atoms with van der Waals surface area (Å²) in [5.74, 6) is 0.376. The first kappa shape index (κ1) is 11.8. The molecule has 1 saturated carbocycles. The molecule has 4 heteroatoms. The first-order chi connectivity index (χ1) is 6.12. The Balaban J connectivity index is 0.000000980. The van der Waals surface area contributed by atoms with Crippen molar-refractivity contribution in [1.29, 1.82) is 0 Å². The lowest BCUT2D eigenvalue weighted by Gasteiger charge is -2.33. The average molecular weight is 219 g/mol. The van der Waals surface area contributed by atoms with Gasteiger partial charge in [0.05, 0.1) is 0 Å². The fourth-order valence-electron chi connectivity index (χ4n) is 1.90. The quantitative estimate of drug-likeness (QED) is 0.713. The lowest BCUT2D eigenvalue weighted by atomic mass is 10.1. The highest BCUT2D eigenvalue weighted by Gasteiger charge is 2.47. The third-order valence-electron chi connectivity index (χ3n) is 3.17. The van der Waals surface area contributed by atoms with Crippen molar-refractivity contribution in [2.24, 2.45) is 5.41 Å². The first-order valence-corrected chi connectivity index (χ1v) is 5.15. The van der Waals surface area contributed by atoms with E-state index in [1.807, 2.05) is 4.90 Å². The van der Waals surface area contributed by atoms with Crippen molar-refractivity contribution in [3.05, 3.63) is 0 Å². The van der Waals surface area contributed by atoms with Crippen molar-refractivity contribution in [2.45, 2.75) is 32.7 Å². The van der Waals surface area contributed by atoms with Crippen LogP contribution in [0.2, 0.25) is 0 Å². The molecule has 3 nitrogen and oxygen atoms in total. The van der Waals surface area contributed by atoms with Crippen molar-refractivity contribution in [1.82, 2.24) is 10.2 Å². The summed E-state index contributed by atoms with van der Waals surface area (Å²) in [5, 5.41) is 3.34. The standard InChI is InChI=1S/C10H18N2O.ClH/c1-8-7-12(6-5-11-8)9(13)10(2)3-4-10;/h8,11H,3-7H2,1-2H3;1H. The van der Waals surface area contributed by atoms with Crippen LogP contribution in [-0.2, 0) is 4.79 Å². The summed E-state index contributed by atoms with van der Waals surface area (Å²) in [4.78, 5) is 13.9. The molecule has 1 aliphatic carbocycles. The number of nitrogens with zero attached hydrogens (tertiary/aromatic N) is 1. The van der Waals surface area contributed by atoms with E-state index < -0.39 is 0 Å². The largest absolute Gasteiger partial charge is 0.339 e. The van der Waals surface area contributed by atoms with E-state index >= 15 is 0 Å². The second kappa shape index (κ2) is 4.07. The van der Waals surface area contributed by atoms with Crippen LogP contribution in [-0.4, -0.2) is 36.5 Å². The molecule has 0 radical (unpaired) electrons. The van der Waals surface area contributed by atoms with E-state index in [0.29, 0.717) is 11.9 Å². The third-order valence-corrected chi connectivity index (χ3v) is 3.17. The number of halogens is 1. The SMILES string of the molecule is CC1CN(C(=O)C2(C)CC2)CCN1.Cl. The van der Waals surface area contributed by atoms with Crippen molar-refractivity contribution >= 4 is 18.3 Å². The van der Waals surface area contributed by atoms with Crippen LogP contribution in [0.3, 0.4) is 0 Å². The maximum absolute atomic E-state index is 11.9. The van der Waals surface area contributed by atoms with Gasteiger partial charge in [0.2, 0.25) is 5.91 Å². The van der Waals surface area contributed by atoms with E-state index in [9.17, 15) is 4.79 Å². The predicted octanol–water partition coefficient (Wildman–Crippen LogP) is 1.03. The zero-order valence-electron chi connectivity index (χ0n) is 8.88. The van der Waals surface area contributed by atoms with Crippen molar-refractivity contribution in [3.63, 3.8) is 0 Å². The van der Waals surface area contributed by atoms with Gasteiger partial charge in [-0.2, -0.15) is 0 Å². The molecule has 1 heterocycles. The predicted molar refractivity (Wildman–Crippen MR) is 58.6 cm³/mol. The van der Waals surface area contributed by atoms with Crippen LogP contribution >= 0.6 is 12.4 Å². The van der Waals surface area contributed by atoms with E-state index in [1.54, 1.807) is 0 Å². The lowest BCUT2D eigenvalue weighted by Crippen LogP contribution is -2.52. The molecule has 2 aliphatic rings. The van der Waals surface area contributed by atoms with Crippen molar-refractivity contribution in [2.75, 3.05) is 19.6 Å². The maximum Gasteiger partial charge on any atom is 0.228 e. The number of hydrogen-bond acceptors (Lipinski definition) is 2. The van der Waals surface area contributed by atoms with Gasteiger partial charge in [0.1, 0.15) is 0 Å². The highest BCUT2D eigenvalue weighted by Crippen LogP contribution is 2.46. The number of rotatable bonds is 1. The smallest absolute Gasteiger partial charge is 0.228 e. The molecule has 0 aromatic heterocycles. The minimum atomic E-state index is 0. The number of hydrogen-bond donors (Lipinski definition) is 1. The molecule has 1 saturated heterocycles. The zero-order valence-corrected chi connectivity index (χ0v) is 9.69. The van der Waals surface area contributed by atoms with Crippen molar-refractivity contribution in [3.8, 4) is 0 Å². The summed E-state index contributed by atoms with van der Waals surface area (Å²) in [6.45, 7) is 6.94. The van der Waals surface area contributed by atoms with Gasteiger partial charge in [-0.3, -0.25) is 4.79 Å². The molecular formula is C10H19ClN2O. The Morgan fingerprint density at radius 2 is 2.14 bits per heavy atom. The normalized spacial score (nSPS) is 29.3. The van der Waals surface area contributed by atoms with E-state index in [2.05, 4.69) is 19.2 Å². The highest BCUT2D eigenvalue weighted by molar-refractivity contribution is 5.85. The number of nitrogens with one attached hydrogen (secondary N) is 1. The lowest BCUT2D eigenvalue weighted by molar-refractivity contribution is -0.137. The minimum absolute atomic E-state index is 0. The molecule has 1 atom stereocenters. The van der Waals surface area contributed by atoms with Gasteiger partial charge in [-0.15, -0.1) is 12.4 Å². The Labute approximate surface area is 91.6 Å². The van der Waals surface area contributed by atoms with Crippen LogP contribution in [0.4, 0.5) is 0 Å². The second-order valence-electron chi connectivity index (χ2n) is 4.67. The second-order valence-corrected chi connectivity index (χ2v) is 4.67. The van der Waals surface area contributed by atoms with Gasteiger partial charge in [-0.1, -0.05) is 6.92 Å². The fourth-order valence-corrected chi connectivity index (χ4v) is 1.90. The number of piperazine rings is 1. The van der Waals surface area contributed by atoms with E-state index in [1.165, 1.54) is 0 Å². The Bertz CT molecular complexity index is 228. The molecule has 0 bridgehead atoms. The number of carbonyl (C=O) groups is 1. The van der Waals surface area contributed by atoms with E-state index in [-0.39, 0.29) is 17.8 Å². The summed E-state index contributed by atoms with van der Waals surface area (Å²) in [5.41, 5.74) is 0.0110. The molecule has 14 heavy (non-hydrogen) atoms. The number of amides is 1. The topological polar surface area (TPSA) is 32.3 Å². The van der Waals surface area contributed by atoms with Crippen LogP contribution in [0.1, 0.15) is 26.7 Å². The summed E-state index contributed by atoms with van der Waals surface area (Å²) in [7, 11) is 0. The van der Waals surface area contributed by atoms with Crippen molar-refractivity contribution < 1.29 is 4.79 Å². The Morgan fingerprint density at radius 1 is 1.50 bits per heavy atom. The molecule has 0 aromatic rings. The van der Waals surface area contributed by atoms with Gasteiger partial charge in [-0.25, -0.2) is 0 Å². The van der Waals surface area contributed by atoms with Crippen LogP contribution in [0.25, 0.3) is 0 Å². The fraction of sp³-hybridized carbons (Fsp3) is 0.900. The Kier molecular flexibility index (Phi) is 3.43. The van der Waals surface area contributed by atoms with Gasteiger partial charge in [0, 0.05) is 31.1 Å². The maximum atomic E-state index is 11.9. The first-order valence-electron chi connectivity index (χ1n) is 5.15. The van der Waals surface area contributed by atoms with Crippen LogP contribution in [0.5, 0.6) is 0 Å². The molecule has 82 valence electrons. The Morgan fingerprint density at radius 3 is 2.64 bits per heavy atom. The highest BCUT2D eigenvalue weighted by atomic mass is 35.5. The van der Waals surface area contributed by atoms with E-state index in [0.717, 1.165) is 32.5 Å². The van der Waals surface area contributed by atoms with Crippen LogP contribution in [0, 0.1) is 5.41 Å².